The molecule has 19 heavy (non-hydrogen) atoms. The van der Waals surface area contributed by atoms with Gasteiger partial charge in [-0.2, -0.15) is 5.10 Å². The third-order valence-corrected chi connectivity index (χ3v) is 4.95. The highest BCUT2D eigenvalue weighted by Gasteiger charge is 2.13. The maximum absolute atomic E-state index is 8.70. The van der Waals surface area contributed by atoms with Crippen molar-refractivity contribution in [2.75, 3.05) is 19.8 Å². The van der Waals surface area contributed by atoms with Crippen LogP contribution in [0.4, 0.5) is 0 Å². The molecule has 0 unspecified atom stereocenters. The minimum atomic E-state index is -1.05. The number of aromatic nitrogens is 2. The van der Waals surface area contributed by atoms with Crippen LogP contribution < -0.4 is 0 Å². The first-order chi connectivity index (χ1) is 8.94. The van der Waals surface area contributed by atoms with Crippen molar-refractivity contribution in [1.82, 2.24) is 9.78 Å². The molecule has 1 heterocycles. The van der Waals surface area contributed by atoms with E-state index < -0.39 is 8.07 Å². The predicted molar refractivity (Wildman–Crippen MR) is 80.8 cm³/mol. The molecule has 0 aliphatic heterocycles. The first-order valence-electron chi connectivity index (χ1n) is 6.40. The SMILES string of the molecule is C[Si](C)(C)CCOCn1ncc(Br)c1COCCO. The Kier molecular flexibility index (Phi) is 7.23. The average molecular weight is 351 g/mol. The van der Waals surface area contributed by atoms with E-state index in [2.05, 4.69) is 40.7 Å². The largest absolute Gasteiger partial charge is 0.394 e. The average Bonchev–Trinajstić information content (AvgIpc) is 2.66. The number of hydrogen-bond acceptors (Lipinski definition) is 4. The molecule has 5 nitrogen and oxygen atoms in total. The van der Waals surface area contributed by atoms with Gasteiger partial charge in [0, 0.05) is 14.7 Å². The molecule has 0 radical (unpaired) electrons. The molecule has 0 saturated carbocycles. The zero-order valence-electron chi connectivity index (χ0n) is 11.9. The molecule has 0 aromatic carbocycles. The monoisotopic (exact) mass is 350 g/mol. The summed E-state index contributed by atoms with van der Waals surface area (Å²) in [5.74, 6) is 0. The molecule has 1 N–H and O–H groups in total. The molecular formula is C12H23BrN2O3Si. The van der Waals surface area contributed by atoms with E-state index in [1.165, 1.54) is 0 Å². The maximum atomic E-state index is 8.70. The number of halogens is 1. The zero-order valence-corrected chi connectivity index (χ0v) is 14.4. The highest BCUT2D eigenvalue weighted by Crippen LogP contribution is 2.17. The van der Waals surface area contributed by atoms with Crippen LogP contribution in [0.25, 0.3) is 0 Å². The van der Waals surface area contributed by atoms with Crippen LogP contribution in [0.2, 0.25) is 25.7 Å². The van der Waals surface area contributed by atoms with Gasteiger partial charge in [0.1, 0.15) is 6.73 Å². The van der Waals surface area contributed by atoms with Crippen LogP contribution in [0, 0.1) is 0 Å². The molecule has 0 fully saturated rings. The quantitative estimate of drug-likeness (QED) is 0.549. The van der Waals surface area contributed by atoms with E-state index in [9.17, 15) is 0 Å². The van der Waals surface area contributed by atoms with Gasteiger partial charge in [-0.25, -0.2) is 4.68 Å². The molecule has 7 heteroatoms. The molecule has 1 aromatic rings. The van der Waals surface area contributed by atoms with Crippen molar-refractivity contribution in [2.45, 2.75) is 39.0 Å². The van der Waals surface area contributed by atoms with Crippen molar-refractivity contribution in [2.24, 2.45) is 0 Å². The van der Waals surface area contributed by atoms with Crippen LogP contribution in [0.1, 0.15) is 5.69 Å². The Labute approximate surface area is 124 Å². The first-order valence-corrected chi connectivity index (χ1v) is 10.9. The van der Waals surface area contributed by atoms with Gasteiger partial charge in [0.15, 0.2) is 0 Å². The Morgan fingerprint density at radius 2 is 2.05 bits per heavy atom. The number of aliphatic hydroxyl groups excluding tert-OH is 1. The lowest BCUT2D eigenvalue weighted by atomic mass is 10.4. The van der Waals surface area contributed by atoms with Crippen LogP contribution in [0.3, 0.4) is 0 Å². The Morgan fingerprint density at radius 1 is 1.32 bits per heavy atom. The second kappa shape index (κ2) is 8.16. The Morgan fingerprint density at radius 3 is 2.68 bits per heavy atom. The number of ether oxygens (including phenoxy) is 2. The number of nitrogens with zero attached hydrogens (tertiary/aromatic N) is 2. The summed E-state index contributed by atoms with van der Waals surface area (Å²) in [5, 5.41) is 12.9. The van der Waals surface area contributed by atoms with Crippen molar-refractivity contribution < 1.29 is 14.6 Å². The second-order valence-corrected chi connectivity index (χ2v) is 12.0. The standard InChI is InChI=1S/C12H23BrN2O3Si/c1-19(2,3)7-6-18-10-15-12(9-17-5-4-16)11(13)8-14-15/h8,16H,4-7,9-10H2,1-3H3. The lowest BCUT2D eigenvalue weighted by Gasteiger charge is -2.16. The van der Waals surface area contributed by atoms with E-state index in [-0.39, 0.29) is 6.61 Å². The fraction of sp³-hybridized carbons (Fsp3) is 0.750. The lowest BCUT2D eigenvalue weighted by molar-refractivity contribution is 0.0550. The molecule has 0 atom stereocenters. The molecule has 1 rings (SSSR count). The molecule has 1 aromatic heterocycles. The Hall–Kier alpha value is -0.213. The van der Waals surface area contributed by atoms with E-state index in [0.29, 0.717) is 19.9 Å². The molecule has 0 aliphatic carbocycles. The molecule has 0 aliphatic rings. The van der Waals surface area contributed by atoms with Crippen LogP contribution in [-0.2, 0) is 22.8 Å². The van der Waals surface area contributed by atoms with Crippen LogP contribution in [0.15, 0.2) is 10.7 Å². The van der Waals surface area contributed by atoms with Gasteiger partial charge in [-0.05, 0) is 22.0 Å². The molecular weight excluding hydrogens is 328 g/mol. The van der Waals surface area contributed by atoms with Gasteiger partial charge < -0.3 is 14.6 Å². The number of hydrogen-bond donors (Lipinski definition) is 1. The van der Waals surface area contributed by atoms with E-state index in [0.717, 1.165) is 22.8 Å². The summed E-state index contributed by atoms with van der Waals surface area (Å²) < 4.78 is 13.7. The van der Waals surface area contributed by atoms with Gasteiger partial charge in [0.05, 0.1) is 36.2 Å². The molecule has 110 valence electrons. The fourth-order valence-corrected chi connectivity index (χ4v) is 2.57. The highest BCUT2D eigenvalue weighted by atomic mass is 79.9. The van der Waals surface area contributed by atoms with E-state index in [1.807, 2.05) is 0 Å². The second-order valence-electron chi connectivity index (χ2n) is 5.56. The van der Waals surface area contributed by atoms with Crippen molar-refractivity contribution in [1.29, 1.82) is 0 Å². The fourth-order valence-electron chi connectivity index (χ4n) is 1.41. The van der Waals surface area contributed by atoms with Crippen LogP contribution >= 0.6 is 15.9 Å². The molecule has 0 bridgehead atoms. The van der Waals surface area contributed by atoms with Crippen molar-refractivity contribution in [3.05, 3.63) is 16.4 Å². The Balaban J connectivity index is 2.40. The van der Waals surface area contributed by atoms with E-state index >= 15 is 0 Å². The number of rotatable bonds is 9. The summed E-state index contributed by atoms with van der Waals surface area (Å²) in [6.07, 6.45) is 1.74. The highest BCUT2D eigenvalue weighted by molar-refractivity contribution is 9.10. The normalized spacial score (nSPS) is 12.1. The summed E-state index contributed by atoms with van der Waals surface area (Å²) in [6, 6.07) is 1.14. The summed E-state index contributed by atoms with van der Waals surface area (Å²) in [6.45, 7) is 8.96. The topological polar surface area (TPSA) is 56.5 Å². The smallest absolute Gasteiger partial charge is 0.139 e. The molecule has 0 amide bonds. The summed E-state index contributed by atoms with van der Waals surface area (Å²) in [7, 11) is -1.05. The summed E-state index contributed by atoms with van der Waals surface area (Å²) >= 11 is 3.44. The third kappa shape index (κ3) is 6.67. The minimum Gasteiger partial charge on any atom is -0.394 e. The van der Waals surface area contributed by atoms with Crippen molar-refractivity contribution >= 4 is 24.0 Å². The number of aliphatic hydroxyl groups is 1. The zero-order chi connectivity index (χ0) is 14.3. The van der Waals surface area contributed by atoms with Crippen molar-refractivity contribution in [3.63, 3.8) is 0 Å². The summed E-state index contributed by atoms with van der Waals surface area (Å²) in [4.78, 5) is 0. The van der Waals surface area contributed by atoms with Crippen LogP contribution in [-0.4, -0.2) is 42.8 Å². The Bertz CT molecular complexity index is 380. The van der Waals surface area contributed by atoms with Gasteiger partial charge in [-0.1, -0.05) is 19.6 Å². The van der Waals surface area contributed by atoms with E-state index in [4.69, 9.17) is 14.6 Å². The molecule has 0 saturated heterocycles. The predicted octanol–water partition coefficient (Wildman–Crippen LogP) is 2.47. The van der Waals surface area contributed by atoms with Crippen molar-refractivity contribution in [3.8, 4) is 0 Å². The van der Waals surface area contributed by atoms with Gasteiger partial charge in [0.2, 0.25) is 0 Å². The lowest BCUT2D eigenvalue weighted by Crippen LogP contribution is -2.22. The van der Waals surface area contributed by atoms with Gasteiger partial charge in [0.25, 0.3) is 0 Å². The maximum Gasteiger partial charge on any atom is 0.139 e. The van der Waals surface area contributed by atoms with Gasteiger partial charge >= 0.3 is 0 Å². The third-order valence-electron chi connectivity index (χ3n) is 2.58. The van der Waals surface area contributed by atoms with Gasteiger partial charge in [-0.15, -0.1) is 0 Å². The van der Waals surface area contributed by atoms with Crippen LogP contribution in [0.5, 0.6) is 0 Å². The first kappa shape index (κ1) is 16.8. The minimum absolute atomic E-state index is 0.0263. The summed E-state index contributed by atoms with van der Waals surface area (Å²) in [5.41, 5.74) is 0.932. The van der Waals surface area contributed by atoms with Gasteiger partial charge in [-0.3, -0.25) is 0 Å². The van der Waals surface area contributed by atoms with E-state index in [1.54, 1.807) is 10.9 Å². The molecule has 0 spiro atoms.